The third kappa shape index (κ3) is 1.38. The van der Waals surface area contributed by atoms with Gasteiger partial charge < -0.3 is 5.73 Å². The topological polar surface area (TPSA) is 38.9 Å². The molecule has 0 aromatic carbocycles. The summed E-state index contributed by atoms with van der Waals surface area (Å²) in [5.41, 5.74) is 6.91. The lowest BCUT2D eigenvalue weighted by Gasteiger charge is -2.01. The van der Waals surface area contributed by atoms with Crippen molar-refractivity contribution in [1.29, 1.82) is 0 Å². The van der Waals surface area contributed by atoms with E-state index in [4.69, 9.17) is 5.73 Å². The van der Waals surface area contributed by atoms with E-state index in [9.17, 15) is 0 Å². The molecule has 0 radical (unpaired) electrons. The monoisotopic (exact) mass is 212 g/mol. The number of nitrogen functional groups attached to an aromatic ring is 1. The Bertz CT molecular complexity index is 281. The van der Waals surface area contributed by atoms with Crippen molar-refractivity contribution in [2.24, 2.45) is 0 Å². The van der Waals surface area contributed by atoms with Gasteiger partial charge in [0, 0.05) is 10.7 Å². The zero-order valence-corrected chi connectivity index (χ0v) is 7.63. The average molecular weight is 213 g/mol. The van der Waals surface area contributed by atoms with Crippen molar-refractivity contribution in [2.75, 3.05) is 5.73 Å². The molecule has 2 N–H and O–H groups in total. The molecule has 58 valence electrons. The summed E-state index contributed by atoms with van der Waals surface area (Å²) in [7, 11) is 0. The normalized spacial score (nSPS) is 16.8. The summed E-state index contributed by atoms with van der Waals surface area (Å²) in [6.07, 6.45) is 4.27. The molecule has 0 unspecified atom stereocenters. The number of rotatable bonds is 1. The number of hydrogen-bond donors (Lipinski definition) is 1. The highest BCUT2D eigenvalue weighted by atomic mass is 79.9. The van der Waals surface area contributed by atoms with Crippen LogP contribution in [-0.4, -0.2) is 4.98 Å². The molecule has 11 heavy (non-hydrogen) atoms. The first-order valence-corrected chi connectivity index (χ1v) is 4.47. The molecule has 1 aromatic heterocycles. The van der Waals surface area contributed by atoms with Gasteiger partial charge in [-0.1, -0.05) is 0 Å². The van der Waals surface area contributed by atoms with Gasteiger partial charge in [0.15, 0.2) is 0 Å². The van der Waals surface area contributed by atoms with Crippen molar-refractivity contribution in [3.8, 4) is 0 Å². The molecule has 2 nitrogen and oxygen atoms in total. The Hall–Kier alpha value is -0.570. The number of halogens is 1. The Labute approximate surface area is 73.9 Å². The summed E-state index contributed by atoms with van der Waals surface area (Å²) in [4.78, 5) is 4.07. The van der Waals surface area contributed by atoms with Crippen molar-refractivity contribution in [2.45, 2.75) is 18.8 Å². The Morgan fingerprint density at radius 3 is 2.91 bits per heavy atom. The summed E-state index contributed by atoms with van der Waals surface area (Å²) in [5, 5.41) is 0. The van der Waals surface area contributed by atoms with E-state index in [1.165, 1.54) is 18.4 Å². The predicted molar refractivity (Wildman–Crippen MR) is 48.3 cm³/mol. The predicted octanol–water partition coefficient (Wildman–Crippen LogP) is 2.30. The second-order valence-corrected chi connectivity index (χ2v) is 3.82. The first kappa shape index (κ1) is 7.10. The van der Waals surface area contributed by atoms with Gasteiger partial charge in [-0.3, -0.25) is 0 Å². The number of anilines is 1. The maximum Gasteiger partial charge on any atom is 0.126 e. The zero-order valence-electron chi connectivity index (χ0n) is 6.05. The molecular formula is C8H9BrN2. The van der Waals surface area contributed by atoms with Crippen LogP contribution in [0.1, 0.15) is 24.3 Å². The average Bonchev–Trinajstić information content (AvgIpc) is 2.76. The van der Waals surface area contributed by atoms with Gasteiger partial charge in [-0.05, 0) is 46.3 Å². The van der Waals surface area contributed by atoms with E-state index in [1.807, 2.05) is 0 Å². The van der Waals surface area contributed by atoms with E-state index >= 15 is 0 Å². The van der Waals surface area contributed by atoms with E-state index in [0.717, 1.165) is 4.47 Å². The first-order valence-electron chi connectivity index (χ1n) is 3.68. The Morgan fingerprint density at radius 1 is 1.55 bits per heavy atom. The van der Waals surface area contributed by atoms with Gasteiger partial charge in [0.05, 0.1) is 0 Å². The Balaban J connectivity index is 2.42. The van der Waals surface area contributed by atoms with E-state index in [2.05, 4.69) is 27.0 Å². The standard InChI is InChI=1S/C8H9BrN2/c9-6-3-7(5-1-2-5)8(10)11-4-6/h3-5H,1-2H2,(H2,10,11). The van der Waals surface area contributed by atoms with Gasteiger partial charge in [-0.15, -0.1) is 0 Å². The van der Waals surface area contributed by atoms with Crippen LogP contribution in [-0.2, 0) is 0 Å². The summed E-state index contributed by atoms with van der Waals surface area (Å²) in [6.45, 7) is 0. The van der Waals surface area contributed by atoms with Crippen LogP contribution in [0.5, 0.6) is 0 Å². The third-order valence-corrected chi connectivity index (χ3v) is 2.37. The lowest BCUT2D eigenvalue weighted by molar-refractivity contribution is 1.10. The van der Waals surface area contributed by atoms with E-state index in [1.54, 1.807) is 6.20 Å². The van der Waals surface area contributed by atoms with E-state index in [-0.39, 0.29) is 0 Å². The van der Waals surface area contributed by atoms with Crippen LogP contribution in [0.2, 0.25) is 0 Å². The van der Waals surface area contributed by atoms with Crippen molar-refractivity contribution in [3.05, 3.63) is 22.3 Å². The van der Waals surface area contributed by atoms with Crippen LogP contribution < -0.4 is 5.73 Å². The van der Waals surface area contributed by atoms with Gasteiger partial charge >= 0.3 is 0 Å². The number of nitrogens with zero attached hydrogens (tertiary/aromatic N) is 1. The second kappa shape index (κ2) is 2.48. The van der Waals surface area contributed by atoms with Gasteiger partial charge in [-0.25, -0.2) is 4.98 Å². The number of pyridine rings is 1. The lowest BCUT2D eigenvalue weighted by atomic mass is 10.2. The minimum absolute atomic E-state index is 0.681. The van der Waals surface area contributed by atoms with Gasteiger partial charge in [0.1, 0.15) is 5.82 Å². The molecular weight excluding hydrogens is 204 g/mol. The quantitative estimate of drug-likeness (QED) is 0.777. The van der Waals surface area contributed by atoms with Crippen LogP contribution in [0.15, 0.2) is 16.7 Å². The smallest absolute Gasteiger partial charge is 0.126 e. The molecule has 1 aliphatic rings. The first-order chi connectivity index (χ1) is 5.27. The van der Waals surface area contributed by atoms with Crippen LogP contribution >= 0.6 is 15.9 Å². The van der Waals surface area contributed by atoms with Crippen LogP contribution in [0, 0.1) is 0 Å². The largest absolute Gasteiger partial charge is 0.383 e. The summed E-state index contributed by atoms with van der Waals surface area (Å²) in [6, 6.07) is 2.07. The highest BCUT2D eigenvalue weighted by Crippen LogP contribution is 2.42. The fourth-order valence-corrected chi connectivity index (χ4v) is 1.54. The van der Waals surface area contributed by atoms with Gasteiger partial charge in [0.2, 0.25) is 0 Å². The van der Waals surface area contributed by atoms with Crippen LogP contribution in [0.4, 0.5) is 5.82 Å². The molecule has 1 saturated carbocycles. The molecule has 1 aromatic rings. The molecule has 1 fully saturated rings. The molecule has 3 heteroatoms. The fourth-order valence-electron chi connectivity index (χ4n) is 1.19. The Kier molecular flexibility index (Phi) is 1.60. The van der Waals surface area contributed by atoms with Gasteiger partial charge in [0.25, 0.3) is 0 Å². The van der Waals surface area contributed by atoms with Crippen molar-refractivity contribution in [3.63, 3.8) is 0 Å². The molecule has 1 aliphatic carbocycles. The van der Waals surface area contributed by atoms with E-state index < -0.39 is 0 Å². The summed E-state index contributed by atoms with van der Waals surface area (Å²) in [5.74, 6) is 1.37. The lowest BCUT2D eigenvalue weighted by Crippen LogP contribution is -1.95. The molecule has 2 rings (SSSR count). The minimum Gasteiger partial charge on any atom is -0.383 e. The third-order valence-electron chi connectivity index (χ3n) is 1.93. The number of aromatic nitrogens is 1. The fraction of sp³-hybridized carbons (Fsp3) is 0.375. The molecule has 0 bridgehead atoms. The second-order valence-electron chi connectivity index (χ2n) is 2.90. The number of nitrogens with two attached hydrogens (primary N) is 1. The molecule has 0 atom stereocenters. The molecule has 0 spiro atoms. The molecule has 0 amide bonds. The highest BCUT2D eigenvalue weighted by molar-refractivity contribution is 9.10. The summed E-state index contributed by atoms with van der Waals surface area (Å²) >= 11 is 3.37. The molecule has 0 aliphatic heterocycles. The molecule has 1 heterocycles. The highest BCUT2D eigenvalue weighted by Gasteiger charge is 2.26. The SMILES string of the molecule is Nc1ncc(Br)cc1C1CC1. The maximum atomic E-state index is 5.70. The van der Waals surface area contributed by atoms with Gasteiger partial charge in [-0.2, -0.15) is 0 Å². The minimum atomic E-state index is 0.681. The zero-order chi connectivity index (χ0) is 7.84. The molecule has 0 saturated heterocycles. The van der Waals surface area contributed by atoms with Crippen LogP contribution in [0.25, 0.3) is 0 Å². The van der Waals surface area contributed by atoms with Crippen molar-refractivity contribution < 1.29 is 0 Å². The van der Waals surface area contributed by atoms with Crippen LogP contribution in [0.3, 0.4) is 0 Å². The summed E-state index contributed by atoms with van der Waals surface area (Å²) < 4.78 is 1.02. The number of hydrogen-bond acceptors (Lipinski definition) is 2. The van der Waals surface area contributed by atoms with Crippen molar-refractivity contribution >= 4 is 21.7 Å². The van der Waals surface area contributed by atoms with Crippen molar-refractivity contribution in [1.82, 2.24) is 4.98 Å². The Morgan fingerprint density at radius 2 is 2.27 bits per heavy atom. The van der Waals surface area contributed by atoms with E-state index in [0.29, 0.717) is 11.7 Å². The maximum absolute atomic E-state index is 5.70.